The van der Waals surface area contributed by atoms with Crippen molar-refractivity contribution in [1.29, 1.82) is 0 Å². The molecular weight excluding hydrogens is 226 g/mol. The molecule has 4 nitrogen and oxygen atoms in total. The number of hydrogen-bond donors (Lipinski definition) is 1. The van der Waals surface area contributed by atoms with Gasteiger partial charge in [-0.1, -0.05) is 6.07 Å². The maximum atomic E-state index is 5.35. The van der Waals surface area contributed by atoms with Gasteiger partial charge in [0.2, 0.25) is 0 Å². The first-order chi connectivity index (χ1) is 7.76. The van der Waals surface area contributed by atoms with Gasteiger partial charge in [0.1, 0.15) is 0 Å². The quantitative estimate of drug-likeness (QED) is 0.833. The highest BCUT2D eigenvalue weighted by Crippen LogP contribution is 2.23. The third kappa shape index (κ3) is 2.02. The highest BCUT2D eigenvalue weighted by Gasteiger charge is 2.10. The van der Waals surface area contributed by atoms with Crippen molar-refractivity contribution in [2.24, 2.45) is 0 Å². The van der Waals surface area contributed by atoms with Crippen molar-refractivity contribution in [3.05, 3.63) is 28.1 Å². The van der Waals surface area contributed by atoms with Crippen LogP contribution in [-0.4, -0.2) is 19.2 Å². The summed E-state index contributed by atoms with van der Waals surface area (Å²) in [5.41, 5.74) is 3.74. The Hall–Kier alpha value is -1.17. The second kappa shape index (κ2) is 4.78. The van der Waals surface area contributed by atoms with Gasteiger partial charge in [0, 0.05) is 19.8 Å². The van der Waals surface area contributed by atoms with Gasteiger partial charge in [0.05, 0.1) is 18.7 Å². The molecule has 5 heteroatoms. The predicted molar refractivity (Wildman–Crippen MR) is 62.8 cm³/mol. The first-order valence-electron chi connectivity index (χ1n) is 4.87. The van der Waals surface area contributed by atoms with Crippen LogP contribution in [0.5, 0.6) is 0 Å². The Labute approximate surface area is 98.2 Å². The molecule has 0 unspecified atom stereocenters. The largest absolute Gasteiger partial charge is 0.429 e. The van der Waals surface area contributed by atoms with Crippen molar-refractivity contribution in [2.45, 2.75) is 13.2 Å². The van der Waals surface area contributed by atoms with Crippen molar-refractivity contribution < 1.29 is 13.9 Å². The monoisotopic (exact) mass is 239 g/mol. The molecule has 0 amide bonds. The molecule has 1 heterocycles. The molecule has 0 fully saturated rings. The number of nitrogens with one attached hydrogen (secondary N) is 1. The third-order valence-corrected chi connectivity index (χ3v) is 2.58. The summed E-state index contributed by atoms with van der Waals surface area (Å²) in [4.78, 5) is 3.40. The average molecular weight is 239 g/mol. The maximum Gasteiger partial charge on any atom is 0.266 e. The molecule has 86 valence electrons. The van der Waals surface area contributed by atoms with Gasteiger partial charge in [-0.05, 0) is 23.8 Å². The lowest BCUT2D eigenvalue weighted by molar-refractivity contribution is 0.169. The van der Waals surface area contributed by atoms with Crippen LogP contribution in [0.3, 0.4) is 0 Å². The average Bonchev–Trinajstić information content (AvgIpc) is 2.63. The number of aromatic nitrogens is 1. The minimum absolute atomic E-state index is 0.377. The number of rotatable bonds is 4. The zero-order chi connectivity index (χ0) is 11.5. The van der Waals surface area contributed by atoms with Crippen molar-refractivity contribution in [3.8, 4) is 0 Å². The summed E-state index contributed by atoms with van der Waals surface area (Å²) in [5, 5.41) is 0. The van der Waals surface area contributed by atoms with Gasteiger partial charge in [0.15, 0.2) is 5.58 Å². The molecule has 0 spiro atoms. The third-order valence-electron chi connectivity index (χ3n) is 2.39. The Balaban J connectivity index is 2.62. The van der Waals surface area contributed by atoms with Crippen molar-refractivity contribution >= 4 is 23.3 Å². The molecule has 0 bridgehead atoms. The van der Waals surface area contributed by atoms with E-state index in [9.17, 15) is 0 Å². The van der Waals surface area contributed by atoms with Crippen LogP contribution in [-0.2, 0) is 22.7 Å². The van der Waals surface area contributed by atoms with Crippen LogP contribution < -0.4 is 0 Å². The number of benzene rings is 1. The molecule has 0 aliphatic heterocycles. The molecule has 0 atom stereocenters. The Kier molecular flexibility index (Phi) is 3.38. The van der Waals surface area contributed by atoms with E-state index in [0.29, 0.717) is 18.1 Å². The highest BCUT2D eigenvalue weighted by atomic mass is 32.1. The number of hydrogen-bond acceptors (Lipinski definition) is 4. The molecule has 1 N–H and O–H groups in total. The summed E-state index contributed by atoms with van der Waals surface area (Å²) in [6, 6.07) is 3.85. The molecule has 0 saturated heterocycles. The van der Waals surface area contributed by atoms with E-state index in [4.69, 9.17) is 26.1 Å². The molecule has 2 rings (SSSR count). The summed E-state index contributed by atoms with van der Waals surface area (Å²) >= 11 is 4.97. The SMILES string of the molecule is COCc1ccc2oc(=S)[nH]c2c1COC. The molecule has 2 aromatic rings. The van der Waals surface area contributed by atoms with Crippen LogP contribution in [0.1, 0.15) is 11.1 Å². The lowest BCUT2D eigenvalue weighted by Crippen LogP contribution is -1.98. The summed E-state index contributed by atoms with van der Waals surface area (Å²) in [7, 11) is 3.32. The van der Waals surface area contributed by atoms with Gasteiger partial charge in [-0.3, -0.25) is 0 Å². The zero-order valence-corrected chi connectivity index (χ0v) is 10.0. The minimum Gasteiger partial charge on any atom is -0.429 e. The van der Waals surface area contributed by atoms with Crippen LogP contribution in [0.2, 0.25) is 0 Å². The Morgan fingerprint density at radius 2 is 2.00 bits per heavy atom. The normalized spacial score (nSPS) is 11.1. The Morgan fingerprint density at radius 3 is 2.69 bits per heavy atom. The molecule has 0 aliphatic carbocycles. The molecule has 16 heavy (non-hydrogen) atoms. The Morgan fingerprint density at radius 1 is 1.25 bits per heavy atom. The minimum atomic E-state index is 0.377. The lowest BCUT2D eigenvalue weighted by Gasteiger charge is -2.08. The number of methoxy groups -OCH3 is 2. The topological polar surface area (TPSA) is 47.4 Å². The fraction of sp³-hybridized carbons (Fsp3) is 0.364. The van der Waals surface area contributed by atoms with Crippen molar-refractivity contribution in [3.63, 3.8) is 0 Å². The molecule has 1 aromatic heterocycles. The van der Waals surface area contributed by atoms with E-state index >= 15 is 0 Å². The fourth-order valence-electron chi connectivity index (χ4n) is 1.72. The molecule has 0 aliphatic rings. The number of fused-ring (bicyclic) bond motifs is 1. The first-order valence-corrected chi connectivity index (χ1v) is 5.28. The van der Waals surface area contributed by atoms with Gasteiger partial charge >= 0.3 is 0 Å². The standard InChI is InChI=1S/C11H13NO3S/c1-13-5-7-3-4-9-10(8(7)6-14-2)12-11(16)15-9/h3-4H,5-6H2,1-2H3,(H,12,16). The van der Waals surface area contributed by atoms with E-state index in [2.05, 4.69) is 4.98 Å². The van der Waals surface area contributed by atoms with E-state index in [1.54, 1.807) is 14.2 Å². The zero-order valence-electron chi connectivity index (χ0n) is 9.20. The summed E-state index contributed by atoms with van der Waals surface area (Å²) < 4.78 is 15.7. The van der Waals surface area contributed by atoms with E-state index in [1.165, 1.54) is 0 Å². The van der Waals surface area contributed by atoms with Crippen LogP contribution in [0.25, 0.3) is 11.1 Å². The van der Waals surface area contributed by atoms with E-state index in [1.807, 2.05) is 12.1 Å². The smallest absolute Gasteiger partial charge is 0.266 e. The summed E-state index contributed by atoms with van der Waals surface area (Å²) in [5.74, 6) is 0. The number of oxazole rings is 1. The molecule has 0 saturated carbocycles. The van der Waals surface area contributed by atoms with Gasteiger partial charge in [0.25, 0.3) is 4.84 Å². The van der Waals surface area contributed by atoms with Crippen LogP contribution in [0, 0.1) is 4.84 Å². The summed E-state index contributed by atoms with van der Waals surface area (Å²) in [6.45, 7) is 1.04. The van der Waals surface area contributed by atoms with Crippen molar-refractivity contribution in [1.82, 2.24) is 4.98 Å². The lowest BCUT2D eigenvalue weighted by atomic mass is 10.1. The molecular formula is C11H13NO3S. The van der Waals surface area contributed by atoms with Gasteiger partial charge < -0.3 is 18.9 Å². The van der Waals surface area contributed by atoms with Gasteiger partial charge in [-0.15, -0.1) is 0 Å². The van der Waals surface area contributed by atoms with Crippen molar-refractivity contribution in [2.75, 3.05) is 14.2 Å². The van der Waals surface area contributed by atoms with Gasteiger partial charge in [-0.2, -0.15) is 0 Å². The maximum absolute atomic E-state index is 5.35. The Bertz CT molecular complexity index is 544. The predicted octanol–water partition coefficient (Wildman–Crippen LogP) is 2.78. The highest BCUT2D eigenvalue weighted by molar-refractivity contribution is 7.71. The number of H-pyrrole nitrogens is 1. The molecule has 0 radical (unpaired) electrons. The second-order valence-corrected chi connectivity index (χ2v) is 3.83. The van der Waals surface area contributed by atoms with E-state index in [-0.39, 0.29) is 0 Å². The molecule has 1 aromatic carbocycles. The number of ether oxygens (including phenoxy) is 2. The van der Waals surface area contributed by atoms with Crippen LogP contribution >= 0.6 is 12.2 Å². The second-order valence-electron chi connectivity index (χ2n) is 3.46. The van der Waals surface area contributed by atoms with Gasteiger partial charge in [-0.25, -0.2) is 0 Å². The van der Waals surface area contributed by atoms with E-state index in [0.717, 1.165) is 22.2 Å². The number of aromatic amines is 1. The summed E-state index contributed by atoms with van der Waals surface area (Å²) in [6.07, 6.45) is 0. The first kappa shape index (κ1) is 11.3. The van der Waals surface area contributed by atoms with Crippen LogP contribution in [0.15, 0.2) is 16.5 Å². The van der Waals surface area contributed by atoms with Crippen LogP contribution in [0.4, 0.5) is 0 Å². The fourth-order valence-corrected chi connectivity index (χ4v) is 1.91. The van der Waals surface area contributed by atoms with E-state index < -0.39 is 0 Å².